The predicted molar refractivity (Wildman–Crippen MR) is 87.3 cm³/mol. The van der Waals surface area contributed by atoms with E-state index in [9.17, 15) is 4.79 Å². The van der Waals surface area contributed by atoms with Gasteiger partial charge in [0.25, 0.3) is 0 Å². The molecule has 1 fully saturated rings. The van der Waals surface area contributed by atoms with Crippen molar-refractivity contribution in [3.8, 4) is 0 Å². The minimum absolute atomic E-state index is 0.0971. The fourth-order valence-electron chi connectivity index (χ4n) is 2.56. The van der Waals surface area contributed by atoms with Gasteiger partial charge >= 0.3 is 0 Å². The second-order valence-electron chi connectivity index (χ2n) is 5.52. The molecule has 0 aromatic heterocycles. The summed E-state index contributed by atoms with van der Waals surface area (Å²) < 4.78 is 0.970. The average molecular weight is 340 g/mol. The van der Waals surface area contributed by atoms with E-state index in [-0.39, 0.29) is 5.91 Å². The number of benzene rings is 1. The molecule has 1 heterocycles. The first-order valence-corrected chi connectivity index (χ1v) is 7.83. The lowest BCUT2D eigenvalue weighted by Gasteiger charge is -2.23. The number of piperidine rings is 1. The highest BCUT2D eigenvalue weighted by Gasteiger charge is 2.17. The maximum atomic E-state index is 12.2. The highest BCUT2D eigenvalue weighted by Crippen LogP contribution is 2.28. The molecule has 1 aromatic carbocycles. The van der Waals surface area contributed by atoms with Gasteiger partial charge in [0.05, 0.1) is 11.4 Å². The molecule has 2 rings (SSSR count). The van der Waals surface area contributed by atoms with Crippen LogP contribution in [-0.2, 0) is 4.79 Å². The number of halogens is 1. The normalized spacial score (nSPS) is 18.6. The fourth-order valence-corrected chi connectivity index (χ4v) is 2.92. The lowest BCUT2D eigenvalue weighted by atomic mass is 9.96. The molecule has 4 nitrogen and oxygen atoms in total. The molecule has 1 saturated heterocycles. The zero-order valence-corrected chi connectivity index (χ0v) is 13.7. The number of carbonyl (C=O) groups is 1. The third kappa shape index (κ3) is 4.21. The van der Waals surface area contributed by atoms with Crippen LogP contribution in [0.2, 0.25) is 0 Å². The summed E-state index contributed by atoms with van der Waals surface area (Å²) in [7, 11) is 3.95. The standard InChI is InChI=1S/C15H22BrN3O/c1-19(2)14-6-5-12(16)9-13(14)18-15(20)8-11-4-3-7-17-10-11/h5-6,9,11,17H,3-4,7-8,10H2,1-2H3,(H,18,20). The third-order valence-corrected chi connectivity index (χ3v) is 4.08. The van der Waals surface area contributed by atoms with Crippen molar-refractivity contribution in [2.75, 3.05) is 37.4 Å². The van der Waals surface area contributed by atoms with Gasteiger partial charge in [-0.25, -0.2) is 0 Å². The van der Waals surface area contributed by atoms with Crippen LogP contribution in [-0.4, -0.2) is 33.1 Å². The van der Waals surface area contributed by atoms with Gasteiger partial charge in [-0.15, -0.1) is 0 Å². The van der Waals surface area contributed by atoms with Gasteiger partial charge in [-0.3, -0.25) is 4.79 Å². The van der Waals surface area contributed by atoms with Gasteiger partial charge in [0.2, 0.25) is 5.91 Å². The maximum absolute atomic E-state index is 12.2. The van der Waals surface area contributed by atoms with E-state index in [1.165, 1.54) is 0 Å². The Balaban J connectivity index is 2.01. The highest BCUT2D eigenvalue weighted by molar-refractivity contribution is 9.10. The summed E-state index contributed by atoms with van der Waals surface area (Å²) in [5, 5.41) is 6.39. The number of nitrogens with one attached hydrogen (secondary N) is 2. The van der Waals surface area contributed by atoms with Crippen LogP contribution in [0.1, 0.15) is 19.3 Å². The van der Waals surface area contributed by atoms with Crippen LogP contribution in [0.3, 0.4) is 0 Å². The molecule has 0 spiro atoms. The van der Waals surface area contributed by atoms with Gasteiger partial charge < -0.3 is 15.5 Å². The molecule has 5 heteroatoms. The minimum Gasteiger partial charge on any atom is -0.376 e. The molecule has 1 amide bonds. The fraction of sp³-hybridized carbons (Fsp3) is 0.533. The first-order valence-electron chi connectivity index (χ1n) is 7.03. The SMILES string of the molecule is CN(C)c1ccc(Br)cc1NC(=O)CC1CCCNC1. The van der Waals surface area contributed by atoms with Crippen LogP contribution in [0, 0.1) is 5.92 Å². The van der Waals surface area contributed by atoms with E-state index < -0.39 is 0 Å². The van der Waals surface area contributed by atoms with Crippen molar-refractivity contribution in [3.63, 3.8) is 0 Å². The molecule has 1 atom stereocenters. The summed E-state index contributed by atoms with van der Waals surface area (Å²) in [5.41, 5.74) is 1.88. The van der Waals surface area contributed by atoms with Crippen molar-refractivity contribution < 1.29 is 4.79 Å². The highest BCUT2D eigenvalue weighted by atomic mass is 79.9. The molecule has 0 aliphatic carbocycles. The van der Waals surface area contributed by atoms with Gasteiger partial charge in [0.15, 0.2) is 0 Å². The predicted octanol–water partition coefficient (Wildman–Crippen LogP) is 2.84. The lowest BCUT2D eigenvalue weighted by molar-refractivity contribution is -0.117. The van der Waals surface area contributed by atoms with Crippen molar-refractivity contribution >= 4 is 33.2 Å². The Morgan fingerprint density at radius 1 is 1.50 bits per heavy atom. The lowest BCUT2D eigenvalue weighted by Crippen LogP contribution is -2.32. The Kier molecular flexibility index (Phi) is 5.43. The van der Waals surface area contributed by atoms with Crippen molar-refractivity contribution in [2.45, 2.75) is 19.3 Å². The number of nitrogens with zero attached hydrogens (tertiary/aromatic N) is 1. The van der Waals surface area contributed by atoms with Crippen LogP contribution in [0.25, 0.3) is 0 Å². The number of amides is 1. The Bertz CT molecular complexity index is 470. The third-order valence-electron chi connectivity index (χ3n) is 3.59. The van der Waals surface area contributed by atoms with E-state index in [4.69, 9.17) is 0 Å². The second kappa shape index (κ2) is 7.09. The van der Waals surface area contributed by atoms with E-state index in [1.54, 1.807) is 0 Å². The number of rotatable bonds is 4. The molecule has 2 N–H and O–H groups in total. The second-order valence-corrected chi connectivity index (χ2v) is 6.44. The zero-order valence-electron chi connectivity index (χ0n) is 12.1. The summed E-state index contributed by atoms with van der Waals surface area (Å²) in [6.07, 6.45) is 2.89. The Morgan fingerprint density at radius 3 is 2.95 bits per heavy atom. The summed E-state index contributed by atoms with van der Waals surface area (Å²) >= 11 is 3.45. The Morgan fingerprint density at radius 2 is 2.30 bits per heavy atom. The molecule has 1 aromatic rings. The molecule has 1 aliphatic rings. The van der Waals surface area contributed by atoms with E-state index >= 15 is 0 Å². The number of anilines is 2. The van der Waals surface area contributed by atoms with E-state index in [0.29, 0.717) is 12.3 Å². The van der Waals surface area contributed by atoms with Crippen molar-refractivity contribution in [3.05, 3.63) is 22.7 Å². The molecular weight excluding hydrogens is 318 g/mol. The number of hydrogen-bond donors (Lipinski definition) is 2. The first kappa shape index (κ1) is 15.3. The molecule has 110 valence electrons. The van der Waals surface area contributed by atoms with Crippen LogP contribution in [0.5, 0.6) is 0 Å². The molecule has 0 bridgehead atoms. The van der Waals surface area contributed by atoms with Gasteiger partial charge in [-0.1, -0.05) is 15.9 Å². The largest absolute Gasteiger partial charge is 0.376 e. The Labute approximate surface area is 129 Å². The maximum Gasteiger partial charge on any atom is 0.224 e. The number of carbonyl (C=O) groups excluding carboxylic acids is 1. The van der Waals surface area contributed by atoms with Gasteiger partial charge in [0.1, 0.15) is 0 Å². The van der Waals surface area contributed by atoms with Crippen LogP contribution >= 0.6 is 15.9 Å². The van der Waals surface area contributed by atoms with Crippen LogP contribution < -0.4 is 15.5 Å². The van der Waals surface area contributed by atoms with Crippen molar-refractivity contribution in [1.29, 1.82) is 0 Å². The summed E-state index contributed by atoms with van der Waals surface area (Å²) in [5.74, 6) is 0.554. The van der Waals surface area contributed by atoms with Gasteiger partial charge in [0, 0.05) is 25.0 Å². The van der Waals surface area contributed by atoms with Crippen LogP contribution in [0.4, 0.5) is 11.4 Å². The summed E-state index contributed by atoms with van der Waals surface area (Å²) in [6, 6.07) is 5.93. The van der Waals surface area contributed by atoms with Gasteiger partial charge in [-0.2, -0.15) is 0 Å². The molecule has 0 radical (unpaired) electrons. The van der Waals surface area contributed by atoms with Crippen LogP contribution in [0.15, 0.2) is 22.7 Å². The van der Waals surface area contributed by atoms with E-state index in [2.05, 4.69) is 26.6 Å². The van der Waals surface area contributed by atoms with E-state index in [1.807, 2.05) is 37.2 Å². The molecule has 20 heavy (non-hydrogen) atoms. The zero-order chi connectivity index (χ0) is 14.5. The topological polar surface area (TPSA) is 44.4 Å². The average Bonchev–Trinajstić information content (AvgIpc) is 2.39. The monoisotopic (exact) mass is 339 g/mol. The molecule has 0 saturated carbocycles. The van der Waals surface area contributed by atoms with Gasteiger partial charge in [-0.05, 0) is 50.0 Å². The van der Waals surface area contributed by atoms with Crippen molar-refractivity contribution in [2.24, 2.45) is 5.92 Å². The molecular formula is C15H22BrN3O. The van der Waals surface area contributed by atoms with E-state index in [0.717, 1.165) is 41.8 Å². The molecule has 1 aliphatic heterocycles. The first-order chi connectivity index (χ1) is 9.56. The number of hydrogen-bond acceptors (Lipinski definition) is 3. The minimum atomic E-state index is 0.0971. The Hall–Kier alpha value is -1.07. The van der Waals surface area contributed by atoms with Crippen molar-refractivity contribution in [1.82, 2.24) is 5.32 Å². The summed E-state index contributed by atoms with van der Waals surface area (Å²) in [4.78, 5) is 14.2. The molecule has 1 unspecified atom stereocenters. The smallest absolute Gasteiger partial charge is 0.224 e. The quantitative estimate of drug-likeness (QED) is 0.886. The summed E-state index contributed by atoms with van der Waals surface area (Å²) in [6.45, 7) is 2.03.